The van der Waals surface area contributed by atoms with E-state index in [-0.39, 0.29) is 0 Å². The summed E-state index contributed by atoms with van der Waals surface area (Å²) in [5, 5.41) is 3.71. The van der Waals surface area contributed by atoms with Crippen LogP contribution in [0.5, 0.6) is 0 Å². The maximum atomic E-state index is 3.71. The molecule has 0 radical (unpaired) electrons. The lowest BCUT2D eigenvalue weighted by molar-refractivity contribution is 0.271. The van der Waals surface area contributed by atoms with Gasteiger partial charge in [0.25, 0.3) is 0 Å². The Morgan fingerprint density at radius 3 is 2.25 bits per heavy atom. The van der Waals surface area contributed by atoms with Crippen molar-refractivity contribution in [3.63, 3.8) is 0 Å². The van der Waals surface area contributed by atoms with Gasteiger partial charge in [-0.05, 0) is 45.4 Å². The standard InChI is InChI=1S/C11H23N/c1-6-10(3,4)12-9(2)11(5)7-8-11/h9,12H,6-8H2,1-5H3. The molecule has 0 aromatic heterocycles. The van der Waals surface area contributed by atoms with Crippen LogP contribution in [-0.2, 0) is 0 Å². The Morgan fingerprint density at radius 1 is 1.42 bits per heavy atom. The van der Waals surface area contributed by atoms with Crippen molar-refractivity contribution in [1.29, 1.82) is 0 Å². The van der Waals surface area contributed by atoms with Gasteiger partial charge in [-0.3, -0.25) is 0 Å². The summed E-state index contributed by atoms with van der Waals surface area (Å²) in [6.07, 6.45) is 4.01. The third-order valence-corrected chi connectivity index (χ3v) is 3.58. The monoisotopic (exact) mass is 169 g/mol. The van der Waals surface area contributed by atoms with Gasteiger partial charge in [0, 0.05) is 11.6 Å². The molecule has 1 atom stereocenters. The van der Waals surface area contributed by atoms with E-state index in [2.05, 4.69) is 39.9 Å². The van der Waals surface area contributed by atoms with Gasteiger partial charge < -0.3 is 5.32 Å². The van der Waals surface area contributed by atoms with Crippen LogP contribution in [0.1, 0.15) is 53.9 Å². The molecule has 1 fully saturated rings. The van der Waals surface area contributed by atoms with Crippen LogP contribution in [0.2, 0.25) is 0 Å². The second kappa shape index (κ2) is 3.02. The minimum Gasteiger partial charge on any atom is -0.309 e. The normalized spacial score (nSPS) is 23.8. The molecule has 1 aliphatic carbocycles. The first-order chi connectivity index (χ1) is 5.40. The minimum atomic E-state index is 0.311. The molecule has 1 nitrogen and oxygen atoms in total. The molecule has 1 rings (SSSR count). The minimum absolute atomic E-state index is 0.311. The van der Waals surface area contributed by atoms with Gasteiger partial charge in [-0.2, -0.15) is 0 Å². The summed E-state index contributed by atoms with van der Waals surface area (Å²) in [5.41, 5.74) is 0.914. The average molecular weight is 169 g/mol. The van der Waals surface area contributed by atoms with E-state index in [1.165, 1.54) is 19.3 Å². The van der Waals surface area contributed by atoms with E-state index in [9.17, 15) is 0 Å². The van der Waals surface area contributed by atoms with Gasteiger partial charge in [0.2, 0.25) is 0 Å². The van der Waals surface area contributed by atoms with Crippen molar-refractivity contribution in [2.45, 2.75) is 65.5 Å². The molecule has 0 saturated heterocycles. The lowest BCUT2D eigenvalue weighted by Crippen LogP contribution is -2.47. The van der Waals surface area contributed by atoms with Crippen LogP contribution in [0.4, 0.5) is 0 Å². The smallest absolute Gasteiger partial charge is 0.0125 e. The quantitative estimate of drug-likeness (QED) is 0.682. The van der Waals surface area contributed by atoms with Crippen molar-refractivity contribution in [3.8, 4) is 0 Å². The molecule has 0 amide bonds. The predicted octanol–water partition coefficient (Wildman–Crippen LogP) is 2.95. The van der Waals surface area contributed by atoms with Gasteiger partial charge in [0.15, 0.2) is 0 Å². The van der Waals surface area contributed by atoms with Crippen molar-refractivity contribution >= 4 is 0 Å². The summed E-state index contributed by atoms with van der Waals surface area (Å²) >= 11 is 0. The molecule has 1 unspecified atom stereocenters. The first-order valence-electron chi connectivity index (χ1n) is 5.17. The molecule has 0 aliphatic heterocycles. The Labute approximate surface area is 76.9 Å². The summed E-state index contributed by atoms with van der Waals surface area (Å²) < 4.78 is 0. The Kier molecular flexibility index (Phi) is 2.53. The van der Waals surface area contributed by atoms with Crippen LogP contribution in [0.3, 0.4) is 0 Å². The number of rotatable bonds is 4. The number of hydrogen-bond acceptors (Lipinski definition) is 1. The summed E-state index contributed by atoms with van der Waals surface area (Å²) in [7, 11) is 0. The van der Waals surface area contributed by atoms with Crippen LogP contribution >= 0.6 is 0 Å². The number of nitrogens with one attached hydrogen (secondary N) is 1. The molecular formula is C11H23N. The van der Waals surface area contributed by atoms with E-state index in [1.807, 2.05) is 0 Å². The fraction of sp³-hybridized carbons (Fsp3) is 1.00. The third kappa shape index (κ3) is 2.22. The second-order valence-corrected chi connectivity index (χ2v) is 5.26. The topological polar surface area (TPSA) is 12.0 Å². The van der Waals surface area contributed by atoms with Crippen LogP contribution in [0.25, 0.3) is 0 Å². The Bertz CT molecular complexity index is 156. The Morgan fingerprint density at radius 2 is 1.92 bits per heavy atom. The maximum absolute atomic E-state index is 3.71. The van der Waals surface area contributed by atoms with Gasteiger partial charge in [0.05, 0.1) is 0 Å². The molecule has 1 heteroatoms. The molecule has 0 spiro atoms. The zero-order valence-corrected chi connectivity index (χ0v) is 9.20. The van der Waals surface area contributed by atoms with E-state index in [0.29, 0.717) is 17.0 Å². The molecule has 0 aromatic carbocycles. The lowest BCUT2D eigenvalue weighted by atomic mass is 9.94. The molecule has 12 heavy (non-hydrogen) atoms. The van der Waals surface area contributed by atoms with Gasteiger partial charge in [-0.1, -0.05) is 13.8 Å². The molecule has 1 saturated carbocycles. The number of hydrogen-bond donors (Lipinski definition) is 1. The van der Waals surface area contributed by atoms with Crippen molar-refractivity contribution < 1.29 is 0 Å². The van der Waals surface area contributed by atoms with Crippen LogP contribution < -0.4 is 5.32 Å². The van der Waals surface area contributed by atoms with Crippen LogP contribution in [0, 0.1) is 5.41 Å². The van der Waals surface area contributed by atoms with E-state index < -0.39 is 0 Å². The maximum Gasteiger partial charge on any atom is 0.0125 e. The van der Waals surface area contributed by atoms with E-state index >= 15 is 0 Å². The van der Waals surface area contributed by atoms with E-state index in [0.717, 1.165) is 0 Å². The highest BCUT2D eigenvalue weighted by Crippen LogP contribution is 2.48. The fourth-order valence-electron chi connectivity index (χ4n) is 1.49. The van der Waals surface area contributed by atoms with Crippen LogP contribution in [-0.4, -0.2) is 11.6 Å². The zero-order chi connectivity index (χ0) is 9.41. The summed E-state index contributed by atoms with van der Waals surface area (Å²) in [5.74, 6) is 0. The average Bonchev–Trinajstić information content (AvgIpc) is 2.69. The molecule has 0 bridgehead atoms. The Hall–Kier alpha value is -0.0400. The first-order valence-corrected chi connectivity index (χ1v) is 5.17. The molecular weight excluding hydrogens is 146 g/mol. The summed E-state index contributed by atoms with van der Waals surface area (Å²) in [4.78, 5) is 0. The Balaban J connectivity index is 2.40. The predicted molar refractivity (Wildman–Crippen MR) is 54.3 cm³/mol. The van der Waals surface area contributed by atoms with Crippen molar-refractivity contribution in [2.75, 3.05) is 0 Å². The summed E-state index contributed by atoms with van der Waals surface area (Å²) in [6, 6.07) is 0.674. The second-order valence-electron chi connectivity index (χ2n) is 5.26. The molecule has 0 heterocycles. The molecule has 0 aromatic rings. The fourth-order valence-corrected chi connectivity index (χ4v) is 1.49. The zero-order valence-electron chi connectivity index (χ0n) is 9.20. The van der Waals surface area contributed by atoms with Crippen molar-refractivity contribution in [2.24, 2.45) is 5.41 Å². The van der Waals surface area contributed by atoms with Gasteiger partial charge in [-0.25, -0.2) is 0 Å². The van der Waals surface area contributed by atoms with Gasteiger partial charge in [0.1, 0.15) is 0 Å². The highest BCUT2D eigenvalue weighted by Gasteiger charge is 2.43. The van der Waals surface area contributed by atoms with Crippen molar-refractivity contribution in [1.82, 2.24) is 5.32 Å². The van der Waals surface area contributed by atoms with Crippen molar-refractivity contribution in [3.05, 3.63) is 0 Å². The van der Waals surface area contributed by atoms with Gasteiger partial charge in [-0.15, -0.1) is 0 Å². The van der Waals surface area contributed by atoms with E-state index in [1.54, 1.807) is 0 Å². The largest absolute Gasteiger partial charge is 0.309 e. The SMILES string of the molecule is CCC(C)(C)NC(C)C1(C)CC1. The molecule has 1 aliphatic rings. The summed E-state index contributed by atoms with van der Waals surface area (Å²) in [6.45, 7) is 11.5. The lowest BCUT2D eigenvalue weighted by Gasteiger charge is -2.32. The van der Waals surface area contributed by atoms with Crippen LogP contribution in [0.15, 0.2) is 0 Å². The third-order valence-electron chi connectivity index (χ3n) is 3.58. The highest BCUT2D eigenvalue weighted by atomic mass is 15.0. The highest BCUT2D eigenvalue weighted by molar-refractivity contribution is 4.98. The first kappa shape index (κ1) is 10.0. The molecule has 1 N–H and O–H groups in total. The molecule has 72 valence electrons. The van der Waals surface area contributed by atoms with E-state index in [4.69, 9.17) is 0 Å². The van der Waals surface area contributed by atoms with Gasteiger partial charge >= 0.3 is 0 Å².